The molecule has 2 N–H and O–H groups in total. The van der Waals surface area contributed by atoms with Crippen molar-refractivity contribution >= 4 is 40.6 Å². The predicted molar refractivity (Wildman–Crippen MR) is 135 cm³/mol. The molecule has 1 saturated heterocycles. The van der Waals surface area contributed by atoms with E-state index in [0.717, 1.165) is 44.7 Å². The van der Waals surface area contributed by atoms with E-state index in [9.17, 15) is 9.59 Å². The predicted octanol–water partition coefficient (Wildman–Crippen LogP) is 3.13. The highest BCUT2D eigenvalue weighted by molar-refractivity contribution is 7.71. The number of hydrogen-bond donors (Lipinski definition) is 2. The molecule has 1 aliphatic rings. The highest BCUT2D eigenvalue weighted by atomic mass is 35.5. The van der Waals surface area contributed by atoms with Gasteiger partial charge in [-0.15, -0.1) is 0 Å². The van der Waals surface area contributed by atoms with E-state index in [2.05, 4.69) is 27.1 Å². The van der Waals surface area contributed by atoms with Gasteiger partial charge in [-0.1, -0.05) is 23.7 Å². The van der Waals surface area contributed by atoms with Gasteiger partial charge in [-0.25, -0.2) is 0 Å². The molecule has 2 aromatic carbocycles. The maximum Gasteiger partial charge on any atom is 0.262 e. The lowest BCUT2D eigenvalue weighted by molar-refractivity contribution is 0.0949. The van der Waals surface area contributed by atoms with Crippen LogP contribution in [-0.4, -0.2) is 71.6 Å². The molecular formula is C24H28ClN5O2S. The van der Waals surface area contributed by atoms with Crippen LogP contribution in [0.5, 0.6) is 0 Å². The first-order valence-corrected chi connectivity index (χ1v) is 11.9. The molecule has 0 unspecified atom stereocenters. The highest BCUT2D eigenvalue weighted by Crippen LogP contribution is 2.13. The molecule has 33 heavy (non-hydrogen) atoms. The van der Waals surface area contributed by atoms with Crippen LogP contribution in [0, 0.1) is 4.77 Å². The molecule has 4 rings (SSSR count). The molecule has 0 spiro atoms. The standard InChI is InChI=1S/C24H28ClN5O2S/c1-28-11-13-29(14-12-28)10-2-9-26-22(31)18-5-8-20-21(15-18)27-24(33)30(23(20)32)16-17-3-6-19(25)7-4-17/h3-8,15H,2,9-14,16H2,1H3,(H,26,31)(H,27,33). The number of H-pyrrole nitrogens is 1. The van der Waals surface area contributed by atoms with Crippen molar-refractivity contribution in [2.24, 2.45) is 0 Å². The summed E-state index contributed by atoms with van der Waals surface area (Å²) in [5.41, 5.74) is 1.79. The minimum atomic E-state index is -0.192. The minimum absolute atomic E-state index is 0.153. The van der Waals surface area contributed by atoms with Crippen molar-refractivity contribution < 1.29 is 4.79 Å². The van der Waals surface area contributed by atoms with Crippen molar-refractivity contribution in [3.8, 4) is 0 Å². The molecule has 1 fully saturated rings. The summed E-state index contributed by atoms with van der Waals surface area (Å²) in [5.74, 6) is -0.153. The van der Waals surface area contributed by atoms with Gasteiger partial charge < -0.3 is 20.1 Å². The van der Waals surface area contributed by atoms with Gasteiger partial charge in [0.15, 0.2) is 4.77 Å². The molecule has 0 atom stereocenters. The number of fused-ring (bicyclic) bond motifs is 1. The first-order chi connectivity index (χ1) is 15.9. The monoisotopic (exact) mass is 485 g/mol. The number of carbonyl (C=O) groups is 1. The molecule has 0 radical (unpaired) electrons. The van der Waals surface area contributed by atoms with Crippen molar-refractivity contribution in [3.63, 3.8) is 0 Å². The Labute approximate surface area is 203 Å². The number of amides is 1. The Morgan fingerprint density at radius 1 is 1.12 bits per heavy atom. The van der Waals surface area contributed by atoms with Gasteiger partial charge in [-0.3, -0.25) is 14.2 Å². The first kappa shape index (κ1) is 23.6. The number of carbonyl (C=O) groups excluding carboxylic acids is 1. The lowest BCUT2D eigenvalue weighted by atomic mass is 10.1. The van der Waals surface area contributed by atoms with Crippen molar-refractivity contribution in [2.75, 3.05) is 46.3 Å². The van der Waals surface area contributed by atoms with Crippen molar-refractivity contribution in [1.29, 1.82) is 0 Å². The second kappa shape index (κ2) is 10.6. The Morgan fingerprint density at radius 3 is 2.58 bits per heavy atom. The summed E-state index contributed by atoms with van der Waals surface area (Å²) in [4.78, 5) is 33.5. The Hall–Kier alpha value is -2.52. The molecule has 0 aliphatic carbocycles. The van der Waals surface area contributed by atoms with E-state index >= 15 is 0 Å². The topological polar surface area (TPSA) is 73.4 Å². The average Bonchev–Trinajstić information content (AvgIpc) is 2.81. The van der Waals surface area contributed by atoms with Crippen LogP contribution >= 0.6 is 23.8 Å². The number of hydrogen-bond acceptors (Lipinski definition) is 5. The first-order valence-electron chi connectivity index (χ1n) is 11.1. The van der Waals surface area contributed by atoms with Crippen LogP contribution in [0.2, 0.25) is 5.02 Å². The van der Waals surface area contributed by atoms with Crippen LogP contribution in [0.4, 0.5) is 0 Å². The fraction of sp³-hybridized carbons (Fsp3) is 0.375. The van der Waals surface area contributed by atoms with Crippen molar-refractivity contribution in [1.82, 2.24) is 24.7 Å². The van der Waals surface area contributed by atoms with Gasteiger partial charge in [-0.2, -0.15) is 0 Å². The maximum absolute atomic E-state index is 13.0. The quantitative estimate of drug-likeness (QED) is 0.397. The van der Waals surface area contributed by atoms with E-state index in [0.29, 0.717) is 39.3 Å². The molecule has 2 heterocycles. The van der Waals surface area contributed by atoms with E-state index in [1.165, 1.54) is 4.57 Å². The molecule has 1 aliphatic heterocycles. The van der Waals surface area contributed by atoms with Gasteiger partial charge in [-0.05, 0) is 68.1 Å². The molecule has 0 bridgehead atoms. The fourth-order valence-corrected chi connectivity index (χ4v) is 4.37. The molecule has 9 heteroatoms. The van der Waals surface area contributed by atoms with E-state index in [1.807, 2.05) is 12.1 Å². The van der Waals surface area contributed by atoms with Crippen LogP contribution in [0.25, 0.3) is 10.9 Å². The number of likely N-dealkylation sites (N-methyl/N-ethyl adjacent to an activating group) is 1. The third-order valence-corrected chi connectivity index (χ3v) is 6.61. The third kappa shape index (κ3) is 5.89. The molecule has 3 aromatic rings. The second-order valence-corrected chi connectivity index (χ2v) is 9.29. The lowest BCUT2D eigenvalue weighted by Gasteiger charge is -2.32. The second-order valence-electron chi connectivity index (χ2n) is 8.46. The van der Waals surface area contributed by atoms with Crippen LogP contribution in [0.1, 0.15) is 22.3 Å². The zero-order valence-electron chi connectivity index (χ0n) is 18.6. The average molecular weight is 486 g/mol. The van der Waals surface area contributed by atoms with Crippen LogP contribution in [0.15, 0.2) is 47.3 Å². The summed E-state index contributed by atoms with van der Waals surface area (Å²) in [6.45, 7) is 6.26. The zero-order chi connectivity index (χ0) is 23.4. The molecule has 1 aromatic heterocycles. The number of aromatic amines is 1. The largest absolute Gasteiger partial charge is 0.352 e. The van der Waals surface area contributed by atoms with Crippen LogP contribution < -0.4 is 10.9 Å². The summed E-state index contributed by atoms with van der Waals surface area (Å²) in [7, 11) is 2.14. The van der Waals surface area contributed by atoms with E-state index in [4.69, 9.17) is 23.8 Å². The van der Waals surface area contributed by atoms with Gasteiger partial charge in [0.2, 0.25) is 0 Å². The van der Waals surface area contributed by atoms with Gasteiger partial charge in [0.05, 0.1) is 17.4 Å². The number of nitrogens with zero attached hydrogens (tertiary/aromatic N) is 3. The van der Waals surface area contributed by atoms with Crippen molar-refractivity contribution in [2.45, 2.75) is 13.0 Å². The van der Waals surface area contributed by atoms with E-state index in [1.54, 1.807) is 30.3 Å². The smallest absolute Gasteiger partial charge is 0.262 e. The van der Waals surface area contributed by atoms with E-state index in [-0.39, 0.29) is 11.5 Å². The Kier molecular flexibility index (Phi) is 7.60. The number of rotatable bonds is 7. The molecule has 0 saturated carbocycles. The number of benzene rings is 2. The molecular weight excluding hydrogens is 458 g/mol. The third-order valence-electron chi connectivity index (χ3n) is 6.03. The summed E-state index contributed by atoms with van der Waals surface area (Å²) >= 11 is 11.4. The summed E-state index contributed by atoms with van der Waals surface area (Å²) in [5, 5.41) is 4.11. The Balaban J connectivity index is 1.41. The molecule has 7 nitrogen and oxygen atoms in total. The summed E-state index contributed by atoms with van der Waals surface area (Å²) in [6.07, 6.45) is 0.904. The SMILES string of the molecule is CN1CCN(CCCNC(=O)c2ccc3c(=O)n(Cc4ccc(Cl)cc4)c(=S)[nH]c3c2)CC1. The number of aromatic nitrogens is 2. The number of nitrogens with one attached hydrogen (secondary N) is 2. The Bertz CT molecular complexity index is 1250. The Morgan fingerprint density at radius 2 is 1.85 bits per heavy atom. The normalized spacial score (nSPS) is 15.1. The zero-order valence-corrected chi connectivity index (χ0v) is 20.2. The van der Waals surface area contributed by atoms with Gasteiger partial charge in [0.25, 0.3) is 11.5 Å². The van der Waals surface area contributed by atoms with Gasteiger partial charge in [0, 0.05) is 43.3 Å². The number of piperazine rings is 1. The van der Waals surface area contributed by atoms with Crippen LogP contribution in [0.3, 0.4) is 0 Å². The number of halogens is 1. The van der Waals surface area contributed by atoms with Crippen LogP contribution in [-0.2, 0) is 6.54 Å². The molecule has 174 valence electrons. The summed E-state index contributed by atoms with van der Waals surface area (Å²) in [6, 6.07) is 12.4. The van der Waals surface area contributed by atoms with E-state index < -0.39 is 0 Å². The van der Waals surface area contributed by atoms with Crippen molar-refractivity contribution in [3.05, 3.63) is 73.7 Å². The molecule has 1 amide bonds. The van der Waals surface area contributed by atoms with Gasteiger partial charge >= 0.3 is 0 Å². The lowest BCUT2D eigenvalue weighted by Crippen LogP contribution is -2.45. The highest BCUT2D eigenvalue weighted by Gasteiger charge is 2.14. The summed E-state index contributed by atoms with van der Waals surface area (Å²) < 4.78 is 1.83. The van der Waals surface area contributed by atoms with Gasteiger partial charge in [0.1, 0.15) is 0 Å². The fourth-order valence-electron chi connectivity index (χ4n) is 3.99. The maximum atomic E-state index is 13.0. The minimum Gasteiger partial charge on any atom is -0.352 e.